The molecule has 2 aliphatic rings. The average Bonchev–Trinajstić information content (AvgIpc) is 2.76. The lowest BCUT2D eigenvalue weighted by molar-refractivity contribution is -0.123. The zero-order valence-electron chi connectivity index (χ0n) is 13.7. The lowest BCUT2D eigenvalue weighted by Gasteiger charge is -2.34. The number of carbonyl (C=O) groups excluding carboxylic acids is 1. The van der Waals surface area contributed by atoms with E-state index >= 15 is 0 Å². The van der Waals surface area contributed by atoms with Crippen molar-refractivity contribution < 1.29 is 4.79 Å². The maximum absolute atomic E-state index is 12.4. The largest absolute Gasteiger partial charge is 0.352 e. The van der Waals surface area contributed by atoms with Crippen LogP contribution in [0.15, 0.2) is 0 Å². The summed E-state index contributed by atoms with van der Waals surface area (Å²) in [5, 5.41) is 6.75. The van der Waals surface area contributed by atoms with Crippen LogP contribution in [-0.2, 0) is 4.79 Å². The topological polar surface area (TPSA) is 44.4 Å². The molecule has 2 N–H and O–H groups in total. The van der Waals surface area contributed by atoms with Gasteiger partial charge in [-0.15, -0.1) is 0 Å². The molecule has 0 bridgehead atoms. The molecule has 1 saturated heterocycles. The Hall–Kier alpha value is -0.610. The van der Waals surface area contributed by atoms with E-state index in [1.807, 2.05) is 0 Å². The van der Waals surface area contributed by atoms with Gasteiger partial charge in [0.25, 0.3) is 0 Å². The van der Waals surface area contributed by atoms with Crippen LogP contribution in [0.25, 0.3) is 0 Å². The van der Waals surface area contributed by atoms with Crippen LogP contribution in [0.5, 0.6) is 0 Å². The Morgan fingerprint density at radius 3 is 2.52 bits per heavy atom. The molecule has 1 aliphatic heterocycles. The number of rotatable bonds is 6. The van der Waals surface area contributed by atoms with Crippen LogP contribution in [0.3, 0.4) is 0 Å². The van der Waals surface area contributed by atoms with Crippen LogP contribution < -0.4 is 10.6 Å². The lowest BCUT2D eigenvalue weighted by atomic mass is 10.1. The SMILES string of the molecule is CCCN(CC(=O)NC1CCCCCC1)C1CCCNC1. The highest BCUT2D eigenvalue weighted by Crippen LogP contribution is 2.17. The minimum Gasteiger partial charge on any atom is -0.352 e. The Labute approximate surface area is 130 Å². The molecule has 0 spiro atoms. The smallest absolute Gasteiger partial charge is 0.234 e. The van der Waals surface area contributed by atoms with Gasteiger partial charge in [-0.2, -0.15) is 0 Å². The monoisotopic (exact) mass is 295 g/mol. The molecule has 1 saturated carbocycles. The summed E-state index contributed by atoms with van der Waals surface area (Å²) in [6.07, 6.45) is 11.1. The van der Waals surface area contributed by atoms with E-state index in [0.717, 1.165) is 26.1 Å². The Morgan fingerprint density at radius 1 is 1.14 bits per heavy atom. The van der Waals surface area contributed by atoms with Gasteiger partial charge >= 0.3 is 0 Å². The third-order valence-corrected chi connectivity index (χ3v) is 4.87. The molecule has 1 aliphatic carbocycles. The van der Waals surface area contributed by atoms with Crippen LogP contribution in [-0.4, -0.2) is 49.1 Å². The normalized spacial score (nSPS) is 24.8. The Balaban J connectivity index is 1.79. The second kappa shape index (κ2) is 9.42. The van der Waals surface area contributed by atoms with Crippen molar-refractivity contribution in [2.75, 3.05) is 26.2 Å². The quantitative estimate of drug-likeness (QED) is 0.739. The van der Waals surface area contributed by atoms with Crippen molar-refractivity contribution in [3.8, 4) is 0 Å². The Bertz CT molecular complexity index is 294. The number of piperidine rings is 1. The number of nitrogens with one attached hydrogen (secondary N) is 2. The second-order valence-corrected chi connectivity index (χ2v) is 6.73. The molecule has 0 aromatic heterocycles. The van der Waals surface area contributed by atoms with Crippen molar-refractivity contribution in [3.05, 3.63) is 0 Å². The van der Waals surface area contributed by atoms with E-state index < -0.39 is 0 Å². The van der Waals surface area contributed by atoms with E-state index in [9.17, 15) is 4.79 Å². The van der Waals surface area contributed by atoms with Gasteiger partial charge in [0, 0.05) is 18.6 Å². The van der Waals surface area contributed by atoms with Crippen molar-refractivity contribution in [3.63, 3.8) is 0 Å². The Kier molecular flexibility index (Phi) is 7.51. The molecule has 122 valence electrons. The number of nitrogens with zero attached hydrogens (tertiary/aromatic N) is 1. The first-order valence-electron chi connectivity index (χ1n) is 9.03. The molecule has 1 atom stereocenters. The predicted molar refractivity (Wildman–Crippen MR) is 87.4 cm³/mol. The molecule has 0 aromatic rings. The number of hydrogen-bond donors (Lipinski definition) is 2. The minimum absolute atomic E-state index is 0.237. The van der Waals surface area contributed by atoms with E-state index in [4.69, 9.17) is 0 Å². The van der Waals surface area contributed by atoms with Crippen LogP contribution >= 0.6 is 0 Å². The fourth-order valence-corrected chi connectivity index (χ4v) is 3.70. The fourth-order valence-electron chi connectivity index (χ4n) is 3.70. The maximum atomic E-state index is 12.4. The summed E-state index contributed by atoms with van der Waals surface area (Å²) < 4.78 is 0. The molecule has 0 radical (unpaired) electrons. The Morgan fingerprint density at radius 2 is 1.90 bits per heavy atom. The molecule has 1 heterocycles. The minimum atomic E-state index is 0.237. The van der Waals surface area contributed by atoms with Crippen molar-refractivity contribution in [1.82, 2.24) is 15.5 Å². The second-order valence-electron chi connectivity index (χ2n) is 6.73. The van der Waals surface area contributed by atoms with Crippen molar-refractivity contribution in [2.45, 2.75) is 76.8 Å². The average molecular weight is 295 g/mol. The molecule has 2 rings (SSSR count). The lowest BCUT2D eigenvalue weighted by Crippen LogP contribution is -2.50. The molecule has 4 heteroatoms. The summed E-state index contributed by atoms with van der Waals surface area (Å²) in [4.78, 5) is 14.8. The van der Waals surface area contributed by atoms with Gasteiger partial charge in [-0.05, 0) is 45.2 Å². The van der Waals surface area contributed by atoms with Gasteiger partial charge in [0.1, 0.15) is 0 Å². The first-order chi connectivity index (χ1) is 10.3. The molecule has 0 aromatic carbocycles. The molecule has 1 amide bonds. The van der Waals surface area contributed by atoms with Gasteiger partial charge in [0.15, 0.2) is 0 Å². The number of carbonyl (C=O) groups is 1. The van der Waals surface area contributed by atoms with E-state index in [1.165, 1.54) is 51.4 Å². The van der Waals surface area contributed by atoms with Gasteiger partial charge < -0.3 is 10.6 Å². The molecule has 21 heavy (non-hydrogen) atoms. The van der Waals surface area contributed by atoms with E-state index in [0.29, 0.717) is 18.6 Å². The van der Waals surface area contributed by atoms with Gasteiger partial charge in [-0.3, -0.25) is 9.69 Å². The van der Waals surface area contributed by atoms with Gasteiger partial charge in [-0.25, -0.2) is 0 Å². The standard InChI is InChI=1S/C17H33N3O/c1-2-12-20(16-10-7-11-18-13-16)14-17(21)19-15-8-5-3-4-6-9-15/h15-16,18H,2-14H2,1H3,(H,19,21). The van der Waals surface area contributed by atoms with E-state index in [2.05, 4.69) is 22.5 Å². The third-order valence-electron chi connectivity index (χ3n) is 4.87. The van der Waals surface area contributed by atoms with Crippen LogP contribution in [0.2, 0.25) is 0 Å². The number of hydrogen-bond acceptors (Lipinski definition) is 3. The van der Waals surface area contributed by atoms with Crippen molar-refractivity contribution in [1.29, 1.82) is 0 Å². The summed E-state index contributed by atoms with van der Waals surface area (Å²) in [5.74, 6) is 0.237. The summed E-state index contributed by atoms with van der Waals surface area (Å²) in [5.41, 5.74) is 0. The highest BCUT2D eigenvalue weighted by Gasteiger charge is 2.23. The van der Waals surface area contributed by atoms with Crippen molar-refractivity contribution in [2.24, 2.45) is 0 Å². The van der Waals surface area contributed by atoms with E-state index in [1.54, 1.807) is 0 Å². The first kappa shape index (κ1) is 16.8. The zero-order chi connectivity index (χ0) is 14.9. The molecular formula is C17H33N3O. The zero-order valence-corrected chi connectivity index (χ0v) is 13.7. The summed E-state index contributed by atoms with van der Waals surface area (Å²) >= 11 is 0. The number of amides is 1. The highest BCUT2D eigenvalue weighted by molar-refractivity contribution is 5.78. The fraction of sp³-hybridized carbons (Fsp3) is 0.941. The molecule has 2 fully saturated rings. The van der Waals surface area contributed by atoms with Crippen molar-refractivity contribution >= 4 is 5.91 Å². The maximum Gasteiger partial charge on any atom is 0.234 e. The van der Waals surface area contributed by atoms with Gasteiger partial charge in [0.05, 0.1) is 6.54 Å². The van der Waals surface area contributed by atoms with Crippen LogP contribution in [0.4, 0.5) is 0 Å². The predicted octanol–water partition coefficient (Wildman–Crippen LogP) is 2.29. The first-order valence-corrected chi connectivity index (χ1v) is 9.03. The van der Waals surface area contributed by atoms with E-state index in [-0.39, 0.29) is 5.91 Å². The summed E-state index contributed by atoms with van der Waals surface area (Å²) in [7, 11) is 0. The van der Waals surface area contributed by atoms with Crippen LogP contribution in [0, 0.1) is 0 Å². The molecule has 1 unspecified atom stereocenters. The molecular weight excluding hydrogens is 262 g/mol. The van der Waals surface area contributed by atoms with Gasteiger partial charge in [-0.1, -0.05) is 32.6 Å². The van der Waals surface area contributed by atoms with Crippen LogP contribution in [0.1, 0.15) is 64.7 Å². The highest BCUT2D eigenvalue weighted by atomic mass is 16.2. The summed E-state index contributed by atoms with van der Waals surface area (Å²) in [6.45, 7) is 5.98. The molecule has 4 nitrogen and oxygen atoms in total. The summed E-state index contributed by atoms with van der Waals surface area (Å²) in [6, 6.07) is 0.964. The third kappa shape index (κ3) is 5.95. The van der Waals surface area contributed by atoms with Gasteiger partial charge in [0.2, 0.25) is 5.91 Å².